The Morgan fingerprint density at radius 2 is 1.10 bits per heavy atom. The van der Waals surface area contributed by atoms with Crippen molar-refractivity contribution in [3.63, 3.8) is 0 Å². The van der Waals surface area contributed by atoms with Gasteiger partial charge in [-0.15, -0.1) is 0 Å². The third-order valence-corrected chi connectivity index (χ3v) is 6.69. The zero-order valence-corrected chi connectivity index (χ0v) is 17.7. The fourth-order valence-electron chi connectivity index (χ4n) is 5.27. The van der Waals surface area contributed by atoms with Crippen LogP contribution in [0.15, 0.2) is 97.1 Å². The highest BCUT2D eigenvalue weighted by Gasteiger charge is 2.19. The minimum atomic E-state index is 1.10. The molecule has 31 heavy (non-hydrogen) atoms. The van der Waals surface area contributed by atoms with Gasteiger partial charge in [-0.25, -0.2) is 0 Å². The molecule has 1 aliphatic rings. The van der Waals surface area contributed by atoms with E-state index in [-0.39, 0.29) is 0 Å². The van der Waals surface area contributed by atoms with Crippen LogP contribution < -0.4 is 0 Å². The standard InChI is InChI=1S/C31H24/c1-21-11-2-4-14-23(21)30-26-16-6-8-18-28(26)31(29-19-9-7-17-27(29)30)25-20-10-13-22-12-3-5-15-24(22)25/h2-4,6-14,16-20H,5,15H2,1H3. The molecule has 0 unspecified atom stereocenters. The molecular formula is C31H24. The normalized spacial score (nSPS) is 12.9. The summed E-state index contributed by atoms with van der Waals surface area (Å²) in [7, 11) is 0. The third-order valence-electron chi connectivity index (χ3n) is 6.69. The topological polar surface area (TPSA) is 0 Å². The smallest absolute Gasteiger partial charge is 0.00234 e. The minimum Gasteiger partial charge on any atom is -0.0836 e. The Morgan fingerprint density at radius 1 is 0.548 bits per heavy atom. The highest BCUT2D eigenvalue weighted by Crippen LogP contribution is 2.45. The first-order valence-electron chi connectivity index (χ1n) is 11.1. The molecule has 0 radical (unpaired) electrons. The number of benzene rings is 5. The molecular weight excluding hydrogens is 372 g/mol. The van der Waals surface area contributed by atoms with Gasteiger partial charge in [0.15, 0.2) is 0 Å². The summed E-state index contributed by atoms with van der Waals surface area (Å²) in [6.45, 7) is 2.21. The summed E-state index contributed by atoms with van der Waals surface area (Å²) in [6, 6.07) is 33.4. The fourth-order valence-corrected chi connectivity index (χ4v) is 5.27. The van der Waals surface area contributed by atoms with Gasteiger partial charge in [0, 0.05) is 0 Å². The zero-order valence-electron chi connectivity index (χ0n) is 17.7. The lowest BCUT2D eigenvalue weighted by Gasteiger charge is -2.22. The maximum Gasteiger partial charge on any atom is -0.00234 e. The van der Waals surface area contributed by atoms with Crippen molar-refractivity contribution in [2.24, 2.45) is 0 Å². The summed E-state index contributed by atoms with van der Waals surface area (Å²) in [5.41, 5.74) is 9.56. The molecule has 6 rings (SSSR count). The van der Waals surface area contributed by atoms with Crippen LogP contribution in [0.4, 0.5) is 0 Å². The van der Waals surface area contributed by atoms with E-state index in [0.29, 0.717) is 0 Å². The Balaban J connectivity index is 1.81. The summed E-state index contributed by atoms with van der Waals surface area (Å²) in [5, 5.41) is 5.33. The lowest BCUT2D eigenvalue weighted by Crippen LogP contribution is -1.99. The number of rotatable bonds is 2. The monoisotopic (exact) mass is 396 g/mol. The van der Waals surface area contributed by atoms with E-state index in [9.17, 15) is 0 Å². The van der Waals surface area contributed by atoms with Crippen LogP contribution in [-0.4, -0.2) is 0 Å². The van der Waals surface area contributed by atoms with Crippen LogP contribution in [0.2, 0.25) is 0 Å². The molecule has 1 aliphatic carbocycles. The summed E-state index contributed by atoms with van der Waals surface area (Å²) in [4.78, 5) is 0. The van der Waals surface area contributed by atoms with Crippen LogP contribution in [-0.2, 0) is 6.42 Å². The molecule has 0 fully saturated rings. The van der Waals surface area contributed by atoms with Crippen LogP contribution in [0.25, 0.3) is 49.9 Å². The Kier molecular flexibility index (Phi) is 4.25. The van der Waals surface area contributed by atoms with E-state index in [1.165, 1.54) is 60.5 Å². The predicted molar refractivity (Wildman–Crippen MR) is 134 cm³/mol. The van der Waals surface area contributed by atoms with Gasteiger partial charge in [0.05, 0.1) is 0 Å². The van der Waals surface area contributed by atoms with Crippen LogP contribution in [0, 0.1) is 6.92 Å². The largest absolute Gasteiger partial charge is 0.0836 e. The molecule has 0 bridgehead atoms. The van der Waals surface area contributed by atoms with Gasteiger partial charge in [-0.2, -0.15) is 0 Å². The molecule has 5 aromatic carbocycles. The molecule has 0 heterocycles. The molecule has 0 spiro atoms. The molecule has 0 saturated heterocycles. The average Bonchev–Trinajstić information content (AvgIpc) is 2.83. The Labute approximate surface area is 183 Å². The summed E-state index contributed by atoms with van der Waals surface area (Å²) < 4.78 is 0. The minimum absolute atomic E-state index is 1.10. The van der Waals surface area contributed by atoms with Crippen LogP contribution in [0.1, 0.15) is 23.1 Å². The number of allylic oxidation sites excluding steroid dienone is 1. The molecule has 5 aromatic rings. The SMILES string of the molecule is Cc1ccccc1-c1c2ccccc2c(-c2cccc3c2CCC=C3)c2ccccc12. The molecule has 0 N–H and O–H groups in total. The maximum atomic E-state index is 2.32. The van der Waals surface area contributed by atoms with Crippen molar-refractivity contribution in [3.05, 3.63) is 114 Å². The van der Waals surface area contributed by atoms with Crippen molar-refractivity contribution >= 4 is 27.6 Å². The van der Waals surface area contributed by atoms with E-state index in [0.717, 1.165) is 12.8 Å². The van der Waals surface area contributed by atoms with Crippen LogP contribution in [0.3, 0.4) is 0 Å². The van der Waals surface area contributed by atoms with Gasteiger partial charge in [0.1, 0.15) is 0 Å². The Morgan fingerprint density at radius 3 is 1.74 bits per heavy atom. The highest BCUT2D eigenvalue weighted by atomic mass is 14.2. The van der Waals surface area contributed by atoms with Gasteiger partial charge in [-0.3, -0.25) is 0 Å². The molecule has 0 aromatic heterocycles. The average molecular weight is 397 g/mol. The predicted octanol–water partition coefficient (Wildman–Crippen LogP) is 8.59. The van der Waals surface area contributed by atoms with Crippen molar-refractivity contribution in [1.82, 2.24) is 0 Å². The number of fused-ring (bicyclic) bond motifs is 3. The van der Waals surface area contributed by atoms with Crippen LogP contribution >= 0.6 is 0 Å². The van der Waals surface area contributed by atoms with Gasteiger partial charge >= 0.3 is 0 Å². The lowest BCUT2D eigenvalue weighted by atomic mass is 9.82. The Bertz CT molecular complexity index is 1430. The molecule has 0 atom stereocenters. The fraction of sp³-hybridized carbons (Fsp3) is 0.0968. The summed E-state index contributed by atoms with van der Waals surface area (Å²) in [5.74, 6) is 0. The van der Waals surface area contributed by atoms with Gasteiger partial charge in [0.2, 0.25) is 0 Å². The lowest BCUT2D eigenvalue weighted by molar-refractivity contribution is 0.988. The first-order chi connectivity index (χ1) is 15.3. The second-order valence-electron chi connectivity index (χ2n) is 8.47. The number of hydrogen-bond donors (Lipinski definition) is 0. The summed E-state index contributed by atoms with van der Waals surface area (Å²) in [6.07, 6.45) is 6.80. The second kappa shape index (κ2) is 7.25. The molecule has 0 saturated carbocycles. The van der Waals surface area contributed by atoms with Crippen molar-refractivity contribution in [1.29, 1.82) is 0 Å². The van der Waals surface area contributed by atoms with E-state index in [2.05, 4.69) is 110 Å². The second-order valence-corrected chi connectivity index (χ2v) is 8.47. The first-order valence-corrected chi connectivity index (χ1v) is 11.1. The first kappa shape index (κ1) is 18.2. The van der Waals surface area contributed by atoms with Gasteiger partial charge in [-0.05, 0) is 80.3 Å². The molecule has 0 aliphatic heterocycles. The van der Waals surface area contributed by atoms with Crippen molar-refractivity contribution < 1.29 is 0 Å². The molecule has 148 valence electrons. The maximum absolute atomic E-state index is 2.32. The van der Waals surface area contributed by atoms with E-state index in [1.807, 2.05) is 0 Å². The number of aryl methyl sites for hydroxylation is 1. The Hall–Kier alpha value is -3.64. The van der Waals surface area contributed by atoms with Crippen molar-refractivity contribution in [2.75, 3.05) is 0 Å². The third kappa shape index (κ3) is 2.83. The van der Waals surface area contributed by atoms with E-state index in [4.69, 9.17) is 0 Å². The van der Waals surface area contributed by atoms with Gasteiger partial charge < -0.3 is 0 Å². The molecule has 0 heteroatoms. The molecule has 0 amide bonds. The van der Waals surface area contributed by atoms with Gasteiger partial charge in [-0.1, -0.05) is 103 Å². The van der Waals surface area contributed by atoms with E-state index < -0.39 is 0 Å². The molecule has 0 nitrogen and oxygen atoms in total. The zero-order chi connectivity index (χ0) is 20.8. The van der Waals surface area contributed by atoms with E-state index >= 15 is 0 Å². The summed E-state index contributed by atoms with van der Waals surface area (Å²) >= 11 is 0. The van der Waals surface area contributed by atoms with Crippen molar-refractivity contribution in [2.45, 2.75) is 19.8 Å². The van der Waals surface area contributed by atoms with E-state index in [1.54, 1.807) is 0 Å². The highest BCUT2D eigenvalue weighted by molar-refractivity contribution is 6.21. The van der Waals surface area contributed by atoms with Gasteiger partial charge in [0.25, 0.3) is 0 Å². The van der Waals surface area contributed by atoms with Crippen LogP contribution in [0.5, 0.6) is 0 Å². The van der Waals surface area contributed by atoms with Crippen molar-refractivity contribution in [3.8, 4) is 22.3 Å². The quantitative estimate of drug-likeness (QED) is 0.262. The number of hydrogen-bond acceptors (Lipinski definition) is 0.